The van der Waals surface area contributed by atoms with Crippen LogP contribution in [0.15, 0.2) is 42.5 Å². The zero-order valence-electron chi connectivity index (χ0n) is 14.5. The second-order valence-electron chi connectivity index (χ2n) is 5.90. The molecule has 0 fully saturated rings. The van der Waals surface area contributed by atoms with E-state index in [4.69, 9.17) is 10.8 Å². The number of carbonyl (C=O) groups is 1. The molecule has 7 nitrogen and oxygen atoms in total. The Bertz CT molecular complexity index is 1000. The van der Waals surface area contributed by atoms with Crippen LogP contribution in [0.2, 0.25) is 0 Å². The standard InChI is InChI=1S/C18H17F3N4O3/c19-18(20,21)28-15-4-2-1-3-12(15)11-5-6-13-14(9-11)25(10-16(22)27)24-17(13)23-7-8-26/h1-6,9,26H,7-8,10H2,(H2,22,27)(H,23,24). The Morgan fingerprint density at radius 1 is 1.25 bits per heavy atom. The van der Waals surface area contributed by atoms with Crippen LogP contribution in [-0.2, 0) is 11.3 Å². The van der Waals surface area contributed by atoms with Crippen LogP contribution in [0.4, 0.5) is 19.0 Å². The van der Waals surface area contributed by atoms with Crippen molar-refractivity contribution in [2.75, 3.05) is 18.5 Å². The highest BCUT2D eigenvalue weighted by Gasteiger charge is 2.32. The number of para-hydroxylation sites is 1. The van der Waals surface area contributed by atoms with E-state index < -0.39 is 12.3 Å². The van der Waals surface area contributed by atoms with Gasteiger partial charge in [-0.15, -0.1) is 13.2 Å². The highest BCUT2D eigenvalue weighted by atomic mass is 19.4. The predicted molar refractivity (Wildman–Crippen MR) is 96.6 cm³/mol. The second-order valence-corrected chi connectivity index (χ2v) is 5.90. The fraction of sp³-hybridized carbons (Fsp3) is 0.222. The van der Waals surface area contributed by atoms with Gasteiger partial charge in [0.25, 0.3) is 0 Å². The predicted octanol–water partition coefficient (Wildman–Crippen LogP) is 2.49. The summed E-state index contributed by atoms with van der Waals surface area (Å²) >= 11 is 0. The molecule has 1 amide bonds. The molecule has 4 N–H and O–H groups in total. The summed E-state index contributed by atoms with van der Waals surface area (Å²) in [5.41, 5.74) is 6.45. The van der Waals surface area contributed by atoms with Crippen molar-refractivity contribution in [3.05, 3.63) is 42.5 Å². The molecule has 0 aliphatic rings. The van der Waals surface area contributed by atoms with Gasteiger partial charge in [-0.05, 0) is 23.8 Å². The number of nitrogens with two attached hydrogens (primary N) is 1. The topological polar surface area (TPSA) is 102 Å². The molecule has 2 aromatic carbocycles. The summed E-state index contributed by atoms with van der Waals surface area (Å²) in [6, 6.07) is 10.7. The Hall–Kier alpha value is -3.27. The number of benzene rings is 2. The highest BCUT2D eigenvalue weighted by Crippen LogP contribution is 2.36. The lowest BCUT2D eigenvalue weighted by Gasteiger charge is -2.13. The Kier molecular flexibility index (Phi) is 5.41. The van der Waals surface area contributed by atoms with Gasteiger partial charge in [0.1, 0.15) is 12.3 Å². The number of nitrogens with one attached hydrogen (secondary N) is 1. The molecule has 28 heavy (non-hydrogen) atoms. The van der Waals surface area contributed by atoms with E-state index in [-0.39, 0.29) is 31.0 Å². The van der Waals surface area contributed by atoms with Gasteiger partial charge in [0.05, 0.1) is 12.1 Å². The van der Waals surface area contributed by atoms with Crippen LogP contribution >= 0.6 is 0 Å². The van der Waals surface area contributed by atoms with Gasteiger partial charge in [-0.25, -0.2) is 0 Å². The lowest BCUT2D eigenvalue weighted by atomic mass is 10.0. The van der Waals surface area contributed by atoms with E-state index in [0.717, 1.165) is 0 Å². The third-order valence-corrected chi connectivity index (χ3v) is 3.89. The maximum atomic E-state index is 12.7. The summed E-state index contributed by atoms with van der Waals surface area (Å²) < 4.78 is 43.6. The average molecular weight is 394 g/mol. The first kappa shape index (κ1) is 19.5. The van der Waals surface area contributed by atoms with Gasteiger partial charge >= 0.3 is 6.36 Å². The van der Waals surface area contributed by atoms with E-state index in [9.17, 15) is 18.0 Å². The molecular formula is C18H17F3N4O3. The number of rotatable bonds is 7. The van der Waals surface area contributed by atoms with Crippen molar-refractivity contribution in [2.45, 2.75) is 12.9 Å². The first-order valence-corrected chi connectivity index (χ1v) is 8.27. The van der Waals surface area contributed by atoms with Crippen molar-refractivity contribution < 1.29 is 27.8 Å². The summed E-state index contributed by atoms with van der Waals surface area (Å²) in [6.45, 7) is -0.0848. The number of hydrogen-bond acceptors (Lipinski definition) is 5. The zero-order valence-corrected chi connectivity index (χ0v) is 14.5. The Balaban J connectivity index is 2.10. The molecule has 0 aliphatic heterocycles. The monoisotopic (exact) mass is 394 g/mol. The van der Waals surface area contributed by atoms with Gasteiger partial charge in [-0.2, -0.15) is 5.10 Å². The summed E-state index contributed by atoms with van der Waals surface area (Å²) in [6.07, 6.45) is -4.82. The third kappa shape index (κ3) is 4.34. The molecule has 3 rings (SSSR count). The molecule has 0 saturated carbocycles. The van der Waals surface area contributed by atoms with Crippen molar-refractivity contribution in [3.8, 4) is 16.9 Å². The van der Waals surface area contributed by atoms with Crippen LogP contribution in [-0.4, -0.2) is 40.3 Å². The number of hydrogen-bond donors (Lipinski definition) is 3. The van der Waals surface area contributed by atoms with Gasteiger partial charge in [-0.1, -0.05) is 24.3 Å². The first-order chi connectivity index (χ1) is 13.3. The van der Waals surface area contributed by atoms with E-state index in [2.05, 4.69) is 15.2 Å². The number of alkyl halides is 3. The van der Waals surface area contributed by atoms with Crippen molar-refractivity contribution in [3.63, 3.8) is 0 Å². The minimum absolute atomic E-state index is 0.121. The maximum Gasteiger partial charge on any atom is 0.573 e. The molecular weight excluding hydrogens is 377 g/mol. The van der Waals surface area contributed by atoms with Crippen LogP contribution in [0.3, 0.4) is 0 Å². The zero-order chi connectivity index (χ0) is 20.3. The molecule has 10 heteroatoms. The van der Waals surface area contributed by atoms with Gasteiger partial charge in [0.15, 0.2) is 5.82 Å². The third-order valence-electron chi connectivity index (χ3n) is 3.89. The number of primary amides is 1. The number of amides is 1. The maximum absolute atomic E-state index is 12.7. The number of nitrogens with zero attached hydrogens (tertiary/aromatic N) is 2. The van der Waals surface area contributed by atoms with Crippen LogP contribution in [0.5, 0.6) is 5.75 Å². The molecule has 3 aromatic rings. The Labute approximate surface area is 157 Å². The van der Waals surface area contributed by atoms with E-state index in [1.165, 1.54) is 22.9 Å². The minimum atomic E-state index is -4.82. The number of aromatic nitrogens is 2. The van der Waals surface area contributed by atoms with E-state index >= 15 is 0 Å². The second kappa shape index (κ2) is 7.77. The summed E-state index contributed by atoms with van der Waals surface area (Å²) in [5.74, 6) is -0.532. The average Bonchev–Trinajstić information content (AvgIpc) is 2.95. The normalized spacial score (nSPS) is 11.6. The Morgan fingerprint density at radius 3 is 2.68 bits per heavy atom. The SMILES string of the molecule is NC(=O)Cn1nc(NCCO)c2ccc(-c3ccccc3OC(F)(F)F)cc21. The number of aliphatic hydroxyl groups excluding tert-OH is 1. The van der Waals surface area contributed by atoms with E-state index in [1.54, 1.807) is 24.3 Å². The molecule has 0 aliphatic carbocycles. The summed E-state index contributed by atoms with van der Waals surface area (Å²) in [4.78, 5) is 11.4. The fourth-order valence-electron chi connectivity index (χ4n) is 2.83. The number of halogens is 3. The smallest absolute Gasteiger partial charge is 0.405 e. The molecule has 0 unspecified atom stereocenters. The number of fused-ring (bicyclic) bond motifs is 1. The highest BCUT2D eigenvalue weighted by molar-refractivity contribution is 5.94. The largest absolute Gasteiger partial charge is 0.573 e. The number of ether oxygens (including phenoxy) is 1. The molecule has 0 spiro atoms. The van der Waals surface area contributed by atoms with Gasteiger partial charge in [0.2, 0.25) is 5.91 Å². The van der Waals surface area contributed by atoms with Crippen LogP contribution in [0.25, 0.3) is 22.0 Å². The van der Waals surface area contributed by atoms with Crippen LogP contribution in [0.1, 0.15) is 0 Å². The molecule has 0 bridgehead atoms. The minimum Gasteiger partial charge on any atom is -0.405 e. The molecule has 1 heterocycles. The van der Waals surface area contributed by atoms with E-state index in [1.807, 2.05) is 0 Å². The lowest BCUT2D eigenvalue weighted by molar-refractivity contribution is -0.274. The van der Waals surface area contributed by atoms with Crippen LogP contribution in [0, 0.1) is 0 Å². The Morgan fingerprint density at radius 2 is 2.00 bits per heavy atom. The van der Waals surface area contributed by atoms with Crippen molar-refractivity contribution in [1.82, 2.24) is 9.78 Å². The first-order valence-electron chi connectivity index (χ1n) is 8.27. The van der Waals surface area contributed by atoms with Crippen LogP contribution < -0.4 is 15.8 Å². The number of carbonyl (C=O) groups excluding carboxylic acids is 1. The quantitative estimate of drug-likeness (QED) is 0.571. The van der Waals surface area contributed by atoms with Gasteiger partial charge < -0.3 is 20.9 Å². The van der Waals surface area contributed by atoms with Gasteiger partial charge in [-0.3, -0.25) is 9.48 Å². The molecule has 1 aromatic heterocycles. The van der Waals surface area contributed by atoms with Crippen molar-refractivity contribution in [2.24, 2.45) is 5.73 Å². The lowest BCUT2D eigenvalue weighted by Crippen LogP contribution is -2.19. The number of aliphatic hydroxyl groups is 1. The summed E-state index contributed by atoms with van der Waals surface area (Å²) in [7, 11) is 0. The molecule has 148 valence electrons. The molecule has 0 atom stereocenters. The molecule has 0 saturated heterocycles. The summed E-state index contributed by atoms with van der Waals surface area (Å²) in [5, 5.41) is 16.8. The van der Waals surface area contributed by atoms with Crippen molar-refractivity contribution in [1.29, 1.82) is 0 Å². The molecule has 0 radical (unpaired) electrons. The van der Waals surface area contributed by atoms with E-state index in [0.29, 0.717) is 22.3 Å². The van der Waals surface area contributed by atoms with Crippen molar-refractivity contribution >= 4 is 22.6 Å². The number of anilines is 1. The fourth-order valence-corrected chi connectivity index (χ4v) is 2.83. The van der Waals surface area contributed by atoms with Gasteiger partial charge in [0, 0.05) is 17.5 Å².